The van der Waals surface area contributed by atoms with Gasteiger partial charge in [-0.05, 0) is 12.5 Å². The maximum atomic E-state index is 13.4. The Morgan fingerprint density at radius 1 is 1.28 bits per heavy atom. The average molecular weight is 539 g/mol. The lowest BCUT2D eigenvalue weighted by Gasteiger charge is -2.36. The number of carbonyl (C=O) groups excluding carboxylic acids is 1. The van der Waals surface area contributed by atoms with E-state index in [1.807, 2.05) is 0 Å². The summed E-state index contributed by atoms with van der Waals surface area (Å²) in [4.78, 5) is 25.3. The number of hydrogen-bond acceptors (Lipinski definition) is 9. The first-order valence-corrected chi connectivity index (χ1v) is 12.0. The second-order valence-electron chi connectivity index (χ2n) is 8.30. The van der Waals surface area contributed by atoms with Gasteiger partial charge in [-0.3, -0.25) is 15.1 Å². The lowest BCUT2D eigenvalue weighted by molar-refractivity contribution is 0.0423. The third-order valence-corrected chi connectivity index (χ3v) is 6.84. The lowest BCUT2D eigenvalue weighted by atomic mass is 10.0. The van der Waals surface area contributed by atoms with Crippen LogP contribution in [-0.2, 0) is 11.3 Å². The number of halogens is 2. The molecule has 0 radical (unpaired) electrons. The van der Waals surface area contributed by atoms with E-state index < -0.39 is 6.23 Å². The Balaban J connectivity index is 1.62. The third-order valence-electron chi connectivity index (χ3n) is 6.10. The van der Waals surface area contributed by atoms with Crippen LogP contribution in [0.4, 0.5) is 22.2 Å². The number of carbonyl (C=O) groups is 1. The zero-order chi connectivity index (χ0) is 26.0. The van der Waals surface area contributed by atoms with Gasteiger partial charge in [-0.1, -0.05) is 29.8 Å². The van der Waals surface area contributed by atoms with Crippen molar-refractivity contribution in [3.63, 3.8) is 0 Å². The largest absolute Gasteiger partial charge is 0.495 e. The van der Waals surface area contributed by atoms with Gasteiger partial charge in [-0.25, -0.2) is 9.78 Å². The first-order chi connectivity index (χ1) is 17.3. The molecule has 3 heterocycles. The first kappa shape index (κ1) is 26.2. The number of hydrogen-bond donors (Lipinski definition) is 3. The number of nitrogens with zero attached hydrogens (tertiary/aromatic N) is 4. The zero-order valence-corrected chi connectivity index (χ0v) is 21.6. The van der Waals surface area contributed by atoms with Crippen molar-refractivity contribution in [2.45, 2.75) is 31.3 Å². The maximum Gasteiger partial charge on any atom is 0.330 e. The van der Waals surface area contributed by atoms with Gasteiger partial charge in [0.15, 0.2) is 0 Å². The number of amides is 2. The molecule has 13 heteroatoms. The fourth-order valence-corrected chi connectivity index (χ4v) is 4.90. The molecule has 36 heavy (non-hydrogen) atoms. The van der Waals surface area contributed by atoms with Gasteiger partial charge in [0.05, 0.1) is 39.1 Å². The average Bonchev–Trinajstić information content (AvgIpc) is 2.88. The van der Waals surface area contributed by atoms with Gasteiger partial charge in [-0.15, -0.1) is 0 Å². The van der Waals surface area contributed by atoms with Crippen LogP contribution >= 0.6 is 23.2 Å². The van der Waals surface area contributed by atoms with Crippen molar-refractivity contribution in [1.82, 2.24) is 15.3 Å². The van der Waals surface area contributed by atoms with Crippen LogP contribution in [0.2, 0.25) is 10.0 Å². The van der Waals surface area contributed by atoms with Crippen LogP contribution in [0.25, 0.3) is 0 Å². The summed E-state index contributed by atoms with van der Waals surface area (Å²) in [5, 5.41) is 16.6. The fraction of sp³-hybridized carbons (Fsp3) is 0.435. The molecule has 3 N–H and O–H groups in total. The molecule has 1 fully saturated rings. The summed E-state index contributed by atoms with van der Waals surface area (Å²) in [7, 11) is 4.55. The molecule has 4 rings (SSSR count). The Bertz CT molecular complexity index is 1120. The second kappa shape index (κ2) is 11.1. The fourth-order valence-electron chi connectivity index (χ4n) is 4.19. The van der Waals surface area contributed by atoms with E-state index in [4.69, 9.17) is 37.4 Å². The van der Waals surface area contributed by atoms with Crippen molar-refractivity contribution >= 4 is 46.7 Å². The monoisotopic (exact) mass is 538 g/mol. The predicted molar refractivity (Wildman–Crippen MR) is 138 cm³/mol. The van der Waals surface area contributed by atoms with E-state index in [1.165, 1.54) is 30.1 Å². The number of ether oxygens (including phenoxy) is 3. The summed E-state index contributed by atoms with van der Waals surface area (Å²) < 4.78 is 16.2. The summed E-state index contributed by atoms with van der Waals surface area (Å²) in [5.74, 6) is 1.46. The molecular formula is C23H28Cl2N6O5. The molecular weight excluding hydrogens is 511 g/mol. The Morgan fingerprint density at radius 3 is 2.61 bits per heavy atom. The van der Waals surface area contributed by atoms with Gasteiger partial charge in [0.2, 0.25) is 5.95 Å². The minimum atomic E-state index is -0.867. The molecule has 2 amide bonds. The maximum absolute atomic E-state index is 13.4. The van der Waals surface area contributed by atoms with Crippen molar-refractivity contribution in [3.05, 3.63) is 40.5 Å². The van der Waals surface area contributed by atoms with E-state index in [0.29, 0.717) is 48.5 Å². The molecule has 1 aromatic heterocycles. The molecule has 3 atom stereocenters. The van der Waals surface area contributed by atoms with Crippen molar-refractivity contribution in [3.8, 4) is 11.5 Å². The van der Waals surface area contributed by atoms with Gasteiger partial charge >= 0.3 is 6.03 Å². The topological polar surface area (TPSA) is 121 Å². The van der Waals surface area contributed by atoms with Crippen LogP contribution in [0, 0.1) is 0 Å². The van der Waals surface area contributed by atoms with Crippen molar-refractivity contribution < 1.29 is 24.1 Å². The SMILES string of the molecule is C=CC(O)NC1COCCC1Nc1ncc2c(n1)N(C)C(=O)N(c1c(Cl)c(OC)cc(OC)c1Cl)C2. The molecule has 0 saturated carbocycles. The van der Waals surface area contributed by atoms with E-state index in [1.54, 1.807) is 19.3 Å². The number of nitrogens with one attached hydrogen (secondary N) is 2. The number of urea groups is 1. The Hall–Kier alpha value is -2.83. The molecule has 0 spiro atoms. The number of aromatic nitrogens is 2. The summed E-state index contributed by atoms with van der Waals surface area (Å²) >= 11 is 13.1. The van der Waals surface area contributed by atoms with Crippen molar-refractivity contribution in [2.24, 2.45) is 0 Å². The van der Waals surface area contributed by atoms with Gasteiger partial charge in [0.25, 0.3) is 0 Å². The highest BCUT2D eigenvalue weighted by molar-refractivity contribution is 6.42. The molecule has 194 valence electrons. The molecule has 2 aliphatic heterocycles. The van der Waals surface area contributed by atoms with Gasteiger partial charge in [0.1, 0.15) is 33.6 Å². The quantitative estimate of drug-likeness (QED) is 0.343. The van der Waals surface area contributed by atoms with E-state index in [2.05, 4.69) is 27.2 Å². The Morgan fingerprint density at radius 2 is 1.97 bits per heavy atom. The second-order valence-corrected chi connectivity index (χ2v) is 9.05. The molecule has 2 aromatic rings. The van der Waals surface area contributed by atoms with Crippen LogP contribution in [0.5, 0.6) is 11.5 Å². The number of anilines is 3. The first-order valence-electron chi connectivity index (χ1n) is 11.2. The van der Waals surface area contributed by atoms with Crippen molar-refractivity contribution in [2.75, 3.05) is 49.6 Å². The highest BCUT2D eigenvalue weighted by Crippen LogP contribution is 2.47. The molecule has 0 bridgehead atoms. The van der Waals surface area contributed by atoms with E-state index in [-0.39, 0.29) is 40.4 Å². The van der Waals surface area contributed by atoms with E-state index in [0.717, 1.165) is 0 Å². The van der Waals surface area contributed by atoms with Crippen LogP contribution in [0.3, 0.4) is 0 Å². The molecule has 1 aromatic carbocycles. The zero-order valence-electron chi connectivity index (χ0n) is 20.1. The Labute approximate surface area is 218 Å². The van der Waals surface area contributed by atoms with E-state index in [9.17, 15) is 9.90 Å². The highest BCUT2D eigenvalue weighted by atomic mass is 35.5. The molecule has 1 saturated heterocycles. The number of rotatable bonds is 8. The lowest BCUT2D eigenvalue weighted by Crippen LogP contribution is -2.53. The summed E-state index contributed by atoms with van der Waals surface area (Å²) in [6, 6.07) is 0.891. The summed E-state index contributed by atoms with van der Waals surface area (Å²) in [6.45, 7) is 4.70. The standard InChI is InChI=1S/C23H28Cl2N6O5/c1-5-17(32)27-14-11-36-7-6-13(14)28-22-26-9-12-10-31(23(33)30(2)21(12)29-22)20-18(24)15(34-3)8-16(35-4)19(20)25/h5,8-9,13-14,17,27,32H,1,6-7,10-11H2,2-4H3,(H,26,28,29). The predicted octanol–water partition coefficient (Wildman–Crippen LogP) is 3.04. The van der Waals surface area contributed by atoms with Gasteiger partial charge in [-0.2, -0.15) is 4.98 Å². The smallest absolute Gasteiger partial charge is 0.330 e. The highest BCUT2D eigenvalue weighted by Gasteiger charge is 2.35. The minimum absolute atomic E-state index is 0.102. The van der Waals surface area contributed by atoms with Gasteiger partial charge < -0.3 is 24.6 Å². The van der Waals surface area contributed by atoms with Crippen LogP contribution < -0.4 is 29.9 Å². The summed E-state index contributed by atoms with van der Waals surface area (Å²) in [5.41, 5.74) is 0.969. The minimum Gasteiger partial charge on any atom is -0.495 e. The summed E-state index contributed by atoms with van der Waals surface area (Å²) in [6.07, 6.45) is 2.87. The third kappa shape index (κ3) is 5.02. The number of methoxy groups -OCH3 is 2. The van der Waals surface area contributed by atoms with E-state index >= 15 is 0 Å². The van der Waals surface area contributed by atoms with Crippen molar-refractivity contribution in [1.29, 1.82) is 0 Å². The van der Waals surface area contributed by atoms with Gasteiger partial charge in [0, 0.05) is 37.5 Å². The van der Waals surface area contributed by atoms with Crippen LogP contribution in [0.15, 0.2) is 24.9 Å². The number of benzene rings is 1. The number of fused-ring (bicyclic) bond motifs is 1. The molecule has 11 nitrogen and oxygen atoms in total. The number of aliphatic hydroxyl groups excluding tert-OH is 1. The molecule has 0 aliphatic carbocycles. The van der Waals surface area contributed by atoms with Crippen LogP contribution in [-0.4, -0.2) is 73.9 Å². The Kier molecular flexibility index (Phi) is 8.06. The normalized spacial score (nSPS) is 20.6. The van der Waals surface area contributed by atoms with Crippen LogP contribution in [0.1, 0.15) is 12.0 Å². The number of aliphatic hydroxyl groups is 1. The molecule has 3 unspecified atom stereocenters. The molecule has 2 aliphatic rings.